The van der Waals surface area contributed by atoms with Crippen molar-refractivity contribution in [1.82, 2.24) is 14.7 Å². The van der Waals surface area contributed by atoms with Crippen LogP contribution in [0.4, 0.5) is 5.69 Å². The molecular formula is C21H26N4O2. The van der Waals surface area contributed by atoms with Gasteiger partial charge in [0.25, 0.3) is 5.91 Å². The van der Waals surface area contributed by atoms with Crippen LogP contribution in [0.25, 0.3) is 0 Å². The molecule has 0 spiro atoms. The van der Waals surface area contributed by atoms with Gasteiger partial charge in [0.15, 0.2) is 0 Å². The van der Waals surface area contributed by atoms with E-state index in [9.17, 15) is 4.79 Å². The zero-order valence-electron chi connectivity index (χ0n) is 16.5. The Labute approximate surface area is 159 Å². The molecule has 2 heterocycles. The van der Waals surface area contributed by atoms with Crippen LogP contribution in [0.2, 0.25) is 0 Å². The van der Waals surface area contributed by atoms with Gasteiger partial charge in [-0.1, -0.05) is 12.1 Å². The number of anilines is 1. The van der Waals surface area contributed by atoms with Crippen molar-refractivity contribution in [2.45, 2.75) is 33.4 Å². The molecule has 1 unspecified atom stereocenters. The summed E-state index contributed by atoms with van der Waals surface area (Å²) in [5.74, 6) is 0.798. The SMILES string of the molecule is Cc1nn(C)c(C)c1NC(=O)c1cccc(CN(C)C(C)c2ccco2)c1. The standard InChI is InChI=1S/C21H26N4O2/c1-14-20(16(3)25(5)23-14)22-21(26)18-9-6-8-17(12-18)13-24(4)15(2)19-10-7-11-27-19/h6-12,15H,13H2,1-5H3,(H,22,26). The Hall–Kier alpha value is -2.86. The van der Waals surface area contributed by atoms with Crippen molar-refractivity contribution in [2.75, 3.05) is 12.4 Å². The summed E-state index contributed by atoms with van der Waals surface area (Å²) in [6.07, 6.45) is 1.69. The first-order valence-corrected chi connectivity index (χ1v) is 9.01. The average Bonchev–Trinajstić information content (AvgIpc) is 3.26. The lowest BCUT2D eigenvalue weighted by atomic mass is 10.1. The van der Waals surface area contributed by atoms with Crippen LogP contribution in [0.5, 0.6) is 0 Å². The molecule has 0 aliphatic rings. The van der Waals surface area contributed by atoms with Crippen molar-refractivity contribution < 1.29 is 9.21 Å². The highest BCUT2D eigenvalue weighted by molar-refractivity contribution is 6.05. The number of nitrogens with one attached hydrogen (secondary N) is 1. The van der Waals surface area contributed by atoms with Crippen LogP contribution in [0, 0.1) is 13.8 Å². The van der Waals surface area contributed by atoms with Gasteiger partial charge in [-0.05, 0) is 57.6 Å². The van der Waals surface area contributed by atoms with E-state index >= 15 is 0 Å². The lowest BCUT2D eigenvalue weighted by Gasteiger charge is -2.23. The van der Waals surface area contributed by atoms with Gasteiger partial charge in [-0.2, -0.15) is 5.10 Å². The van der Waals surface area contributed by atoms with Gasteiger partial charge in [0.2, 0.25) is 0 Å². The third-order valence-electron chi connectivity index (χ3n) is 4.98. The maximum atomic E-state index is 12.7. The fourth-order valence-electron chi connectivity index (χ4n) is 3.12. The number of hydrogen-bond acceptors (Lipinski definition) is 4. The lowest BCUT2D eigenvalue weighted by molar-refractivity contribution is 0.102. The molecule has 0 saturated heterocycles. The van der Waals surface area contributed by atoms with Gasteiger partial charge in [-0.3, -0.25) is 14.4 Å². The normalized spacial score (nSPS) is 12.4. The van der Waals surface area contributed by atoms with Crippen LogP contribution >= 0.6 is 0 Å². The fourth-order valence-corrected chi connectivity index (χ4v) is 3.12. The van der Waals surface area contributed by atoms with Gasteiger partial charge in [0, 0.05) is 19.2 Å². The highest BCUT2D eigenvalue weighted by Gasteiger charge is 2.16. The quantitative estimate of drug-likeness (QED) is 0.714. The molecule has 3 rings (SSSR count). The summed E-state index contributed by atoms with van der Waals surface area (Å²) in [5.41, 5.74) is 4.23. The average molecular weight is 366 g/mol. The summed E-state index contributed by atoms with van der Waals surface area (Å²) >= 11 is 0. The number of aromatic nitrogens is 2. The van der Waals surface area contributed by atoms with E-state index in [2.05, 4.69) is 22.2 Å². The highest BCUT2D eigenvalue weighted by Crippen LogP contribution is 2.22. The molecule has 1 N–H and O–H groups in total. The molecule has 0 aliphatic carbocycles. The van der Waals surface area contributed by atoms with Crippen LogP contribution in [-0.2, 0) is 13.6 Å². The Morgan fingerprint density at radius 3 is 2.70 bits per heavy atom. The molecule has 0 aliphatic heterocycles. The zero-order chi connectivity index (χ0) is 19.6. The molecule has 0 radical (unpaired) electrons. The van der Waals surface area contributed by atoms with Crippen LogP contribution < -0.4 is 5.32 Å². The van der Waals surface area contributed by atoms with Crippen LogP contribution in [0.15, 0.2) is 47.1 Å². The van der Waals surface area contributed by atoms with Crippen LogP contribution in [-0.4, -0.2) is 27.6 Å². The summed E-state index contributed by atoms with van der Waals surface area (Å²) in [6.45, 7) is 6.65. The van der Waals surface area contributed by atoms with E-state index in [4.69, 9.17) is 4.42 Å². The van der Waals surface area contributed by atoms with Crippen molar-refractivity contribution in [3.05, 3.63) is 70.9 Å². The number of nitrogens with zero attached hydrogens (tertiary/aromatic N) is 3. The van der Waals surface area contributed by atoms with Crippen molar-refractivity contribution in [3.63, 3.8) is 0 Å². The van der Waals surface area contributed by atoms with Crippen molar-refractivity contribution in [3.8, 4) is 0 Å². The minimum Gasteiger partial charge on any atom is -0.468 e. The van der Waals surface area contributed by atoms with Gasteiger partial charge in [0.1, 0.15) is 5.76 Å². The Morgan fingerprint density at radius 2 is 2.07 bits per heavy atom. The van der Waals surface area contributed by atoms with E-state index in [0.29, 0.717) is 12.1 Å². The number of hydrogen-bond donors (Lipinski definition) is 1. The zero-order valence-corrected chi connectivity index (χ0v) is 16.5. The van der Waals surface area contributed by atoms with Crippen molar-refractivity contribution >= 4 is 11.6 Å². The first kappa shape index (κ1) is 18.9. The molecule has 1 atom stereocenters. The van der Waals surface area contributed by atoms with E-state index in [-0.39, 0.29) is 11.9 Å². The molecule has 142 valence electrons. The predicted octanol–water partition coefficient (Wildman–Crippen LogP) is 4.08. The molecule has 2 aromatic heterocycles. The second kappa shape index (κ2) is 7.80. The lowest BCUT2D eigenvalue weighted by Crippen LogP contribution is -2.22. The second-order valence-electron chi connectivity index (χ2n) is 6.93. The minimum atomic E-state index is -0.127. The van der Waals surface area contributed by atoms with E-state index in [1.54, 1.807) is 10.9 Å². The Kier molecular flexibility index (Phi) is 5.46. The first-order valence-electron chi connectivity index (χ1n) is 9.01. The number of carbonyl (C=O) groups is 1. The molecule has 0 bridgehead atoms. The molecule has 0 saturated carbocycles. The largest absolute Gasteiger partial charge is 0.468 e. The Balaban J connectivity index is 1.72. The summed E-state index contributed by atoms with van der Waals surface area (Å²) in [5, 5.41) is 7.33. The minimum absolute atomic E-state index is 0.127. The molecule has 1 amide bonds. The van der Waals surface area contributed by atoms with Gasteiger partial charge in [0.05, 0.1) is 29.4 Å². The molecule has 1 aromatic carbocycles. The molecule has 3 aromatic rings. The van der Waals surface area contributed by atoms with E-state index in [1.807, 2.05) is 64.3 Å². The number of furan rings is 1. The number of rotatable bonds is 6. The number of aryl methyl sites for hydroxylation is 2. The molecule has 6 heteroatoms. The monoisotopic (exact) mass is 366 g/mol. The third-order valence-corrected chi connectivity index (χ3v) is 4.98. The number of benzene rings is 1. The maximum absolute atomic E-state index is 12.7. The summed E-state index contributed by atoms with van der Waals surface area (Å²) < 4.78 is 7.26. The van der Waals surface area contributed by atoms with Crippen LogP contribution in [0.3, 0.4) is 0 Å². The molecule has 6 nitrogen and oxygen atoms in total. The molecule has 0 fully saturated rings. The third kappa shape index (κ3) is 4.11. The van der Waals surface area contributed by atoms with Crippen LogP contribution in [0.1, 0.15) is 46.0 Å². The topological polar surface area (TPSA) is 63.3 Å². The van der Waals surface area contributed by atoms with E-state index in [0.717, 1.165) is 28.4 Å². The second-order valence-corrected chi connectivity index (χ2v) is 6.93. The predicted molar refractivity (Wildman–Crippen MR) is 106 cm³/mol. The van der Waals surface area contributed by atoms with Crippen molar-refractivity contribution in [1.29, 1.82) is 0 Å². The van der Waals surface area contributed by atoms with Gasteiger partial charge < -0.3 is 9.73 Å². The Bertz CT molecular complexity index is 928. The van der Waals surface area contributed by atoms with Crippen molar-refractivity contribution in [2.24, 2.45) is 7.05 Å². The van der Waals surface area contributed by atoms with E-state index < -0.39 is 0 Å². The highest BCUT2D eigenvalue weighted by atomic mass is 16.3. The molecule has 27 heavy (non-hydrogen) atoms. The Morgan fingerprint density at radius 1 is 1.30 bits per heavy atom. The fraction of sp³-hybridized carbons (Fsp3) is 0.333. The maximum Gasteiger partial charge on any atom is 0.255 e. The number of carbonyl (C=O) groups excluding carboxylic acids is 1. The smallest absolute Gasteiger partial charge is 0.255 e. The molecular weight excluding hydrogens is 340 g/mol. The van der Waals surface area contributed by atoms with Gasteiger partial charge in [-0.25, -0.2) is 0 Å². The van der Waals surface area contributed by atoms with Gasteiger partial charge in [-0.15, -0.1) is 0 Å². The number of amides is 1. The summed E-state index contributed by atoms with van der Waals surface area (Å²) in [6, 6.07) is 11.7. The first-order chi connectivity index (χ1) is 12.9. The van der Waals surface area contributed by atoms with Gasteiger partial charge >= 0.3 is 0 Å². The summed E-state index contributed by atoms with van der Waals surface area (Å²) in [4.78, 5) is 14.9. The summed E-state index contributed by atoms with van der Waals surface area (Å²) in [7, 11) is 3.91. The van der Waals surface area contributed by atoms with E-state index in [1.165, 1.54) is 0 Å².